The van der Waals surface area contributed by atoms with Crippen LogP contribution in [0.5, 0.6) is 0 Å². The third-order valence-corrected chi connectivity index (χ3v) is 1.66. The van der Waals surface area contributed by atoms with Gasteiger partial charge in [-0.15, -0.1) is 0 Å². The maximum absolute atomic E-state index is 9.75. The van der Waals surface area contributed by atoms with E-state index in [-0.39, 0.29) is 6.04 Å². The maximum atomic E-state index is 9.75. The van der Waals surface area contributed by atoms with E-state index >= 15 is 0 Å². The molecule has 8 heavy (non-hydrogen) atoms. The lowest BCUT2D eigenvalue weighted by Gasteiger charge is -1.97. The van der Waals surface area contributed by atoms with E-state index in [1.807, 2.05) is 6.92 Å². The van der Waals surface area contributed by atoms with Gasteiger partial charge in [0.1, 0.15) is 0 Å². The molecule has 0 amide bonds. The Balaban J connectivity index is 2.98. The first-order valence-corrected chi connectivity index (χ1v) is 3.67. The fourth-order valence-electron chi connectivity index (χ4n) is 0.279. The second-order valence-corrected chi connectivity index (χ2v) is 2.70. The number of hydrogen-bond donors (Lipinski definition) is 1. The standard InChI is InChI=1S/C5H10NOS/c1-2-8-4-5(6)3-7/h5H,2,4,6H2,1H3/t5-/m1/s1. The predicted molar refractivity (Wildman–Crippen MR) is 36.7 cm³/mol. The summed E-state index contributed by atoms with van der Waals surface area (Å²) in [6, 6.07) is -0.389. The summed E-state index contributed by atoms with van der Waals surface area (Å²) in [6.45, 7) is 2.03. The zero-order valence-electron chi connectivity index (χ0n) is 4.89. The highest BCUT2D eigenvalue weighted by Gasteiger charge is 1.97. The Labute approximate surface area is 53.8 Å². The van der Waals surface area contributed by atoms with Gasteiger partial charge in [0.2, 0.25) is 6.29 Å². The Bertz CT molecular complexity index is 67.4. The molecule has 0 saturated heterocycles. The molecule has 0 fully saturated rings. The van der Waals surface area contributed by atoms with Gasteiger partial charge in [-0.2, -0.15) is 11.8 Å². The summed E-state index contributed by atoms with van der Waals surface area (Å²) < 4.78 is 0. The number of hydrogen-bond acceptors (Lipinski definition) is 3. The molecule has 1 radical (unpaired) electrons. The second-order valence-electron chi connectivity index (χ2n) is 1.38. The second kappa shape index (κ2) is 5.12. The summed E-state index contributed by atoms with van der Waals surface area (Å²) in [5.74, 6) is 1.70. The lowest BCUT2D eigenvalue weighted by Crippen LogP contribution is -2.24. The summed E-state index contributed by atoms with van der Waals surface area (Å²) >= 11 is 1.65. The Morgan fingerprint density at radius 2 is 2.50 bits per heavy atom. The Morgan fingerprint density at radius 1 is 1.88 bits per heavy atom. The lowest BCUT2D eigenvalue weighted by atomic mass is 10.4. The van der Waals surface area contributed by atoms with Crippen LogP contribution >= 0.6 is 11.8 Å². The van der Waals surface area contributed by atoms with Gasteiger partial charge < -0.3 is 5.73 Å². The molecule has 0 aromatic carbocycles. The van der Waals surface area contributed by atoms with Crippen LogP contribution in [-0.2, 0) is 4.79 Å². The quantitative estimate of drug-likeness (QED) is 0.593. The van der Waals surface area contributed by atoms with Gasteiger partial charge >= 0.3 is 0 Å². The van der Waals surface area contributed by atoms with Crippen LogP contribution < -0.4 is 5.73 Å². The van der Waals surface area contributed by atoms with Gasteiger partial charge in [0, 0.05) is 5.75 Å². The topological polar surface area (TPSA) is 43.1 Å². The average Bonchev–Trinajstić information content (AvgIpc) is 1.83. The van der Waals surface area contributed by atoms with E-state index in [2.05, 4.69) is 0 Å². The normalized spacial score (nSPS) is 13.2. The molecule has 0 spiro atoms. The highest BCUT2D eigenvalue weighted by molar-refractivity contribution is 7.99. The zero-order chi connectivity index (χ0) is 6.41. The van der Waals surface area contributed by atoms with Crippen molar-refractivity contribution in [2.45, 2.75) is 13.0 Å². The molecular weight excluding hydrogens is 122 g/mol. The average molecular weight is 132 g/mol. The summed E-state index contributed by atoms with van der Waals surface area (Å²) in [5.41, 5.74) is 5.21. The monoisotopic (exact) mass is 132 g/mol. The van der Waals surface area contributed by atoms with E-state index in [1.165, 1.54) is 0 Å². The molecule has 1 atom stereocenters. The fourth-order valence-corrected chi connectivity index (χ4v) is 0.837. The highest BCUT2D eigenvalue weighted by atomic mass is 32.2. The van der Waals surface area contributed by atoms with Crippen molar-refractivity contribution < 1.29 is 4.79 Å². The molecule has 0 saturated carbocycles. The highest BCUT2D eigenvalue weighted by Crippen LogP contribution is 1.97. The molecule has 0 aromatic rings. The molecule has 0 aliphatic rings. The van der Waals surface area contributed by atoms with Crippen LogP contribution in [0.4, 0.5) is 0 Å². The first-order valence-electron chi connectivity index (χ1n) is 2.52. The smallest absolute Gasteiger partial charge is 0.217 e. The molecule has 0 heterocycles. The van der Waals surface area contributed by atoms with Crippen molar-refractivity contribution in [3.8, 4) is 0 Å². The van der Waals surface area contributed by atoms with Gasteiger partial charge in [-0.1, -0.05) is 6.92 Å². The first-order chi connectivity index (χ1) is 3.81. The van der Waals surface area contributed by atoms with E-state index in [9.17, 15) is 4.79 Å². The van der Waals surface area contributed by atoms with Crippen LogP contribution in [0.2, 0.25) is 0 Å². The SMILES string of the molecule is CCSC[C@H](N)[C]=O. The maximum Gasteiger partial charge on any atom is 0.217 e. The summed E-state index contributed by atoms with van der Waals surface area (Å²) in [5, 5.41) is 0. The van der Waals surface area contributed by atoms with Gasteiger partial charge in [0.15, 0.2) is 0 Å². The van der Waals surface area contributed by atoms with Gasteiger partial charge in [-0.25, -0.2) is 0 Å². The Hall–Kier alpha value is -0.0200. The summed E-state index contributed by atoms with van der Waals surface area (Å²) in [6.07, 6.45) is 1.71. The molecule has 2 N–H and O–H groups in total. The molecule has 0 rings (SSSR count). The number of thioether (sulfide) groups is 1. The van der Waals surface area contributed by atoms with Crippen LogP contribution in [0.1, 0.15) is 6.92 Å². The van der Waals surface area contributed by atoms with E-state index < -0.39 is 0 Å². The van der Waals surface area contributed by atoms with E-state index in [4.69, 9.17) is 5.73 Å². The fraction of sp³-hybridized carbons (Fsp3) is 0.800. The molecule has 0 aliphatic carbocycles. The third kappa shape index (κ3) is 4.15. The Kier molecular flexibility index (Phi) is 5.11. The van der Waals surface area contributed by atoms with Gasteiger partial charge in [-0.05, 0) is 5.75 Å². The molecule has 3 heteroatoms. The molecule has 2 nitrogen and oxygen atoms in total. The van der Waals surface area contributed by atoms with Gasteiger partial charge in [0.25, 0.3) is 0 Å². The first kappa shape index (κ1) is 7.98. The van der Waals surface area contributed by atoms with Crippen molar-refractivity contribution in [2.75, 3.05) is 11.5 Å². The largest absolute Gasteiger partial charge is 0.320 e. The van der Waals surface area contributed by atoms with Crippen molar-refractivity contribution in [1.82, 2.24) is 0 Å². The number of nitrogens with two attached hydrogens (primary N) is 1. The van der Waals surface area contributed by atoms with Crippen molar-refractivity contribution in [1.29, 1.82) is 0 Å². The van der Waals surface area contributed by atoms with Crippen LogP contribution in [-0.4, -0.2) is 23.8 Å². The van der Waals surface area contributed by atoms with E-state index in [1.54, 1.807) is 18.0 Å². The van der Waals surface area contributed by atoms with Crippen molar-refractivity contribution in [3.05, 3.63) is 0 Å². The van der Waals surface area contributed by atoms with Gasteiger partial charge in [-0.3, -0.25) is 4.79 Å². The number of carbonyl (C=O) groups excluding carboxylic acids is 1. The van der Waals surface area contributed by atoms with Crippen molar-refractivity contribution >= 4 is 18.0 Å². The number of rotatable bonds is 4. The molecule has 0 bridgehead atoms. The van der Waals surface area contributed by atoms with Crippen LogP contribution in [0.3, 0.4) is 0 Å². The van der Waals surface area contributed by atoms with Crippen molar-refractivity contribution in [2.24, 2.45) is 5.73 Å². The minimum atomic E-state index is -0.389. The predicted octanol–water partition coefficient (Wildman–Crippen LogP) is 0.176. The molecule has 0 unspecified atom stereocenters. The molecular formula is C5H10NOS. The van der Waals surface area contributed by atoms with E-state index in [0.717, 1.165) is 5.75 Å². The van der Waals surface area contributed by atoms with Gasteiger partial charge in [0.05, 0.1) is 6.04 Å². The minimum absolute atomic E-state index is 0.389. The summed E-state index contributed by atoms with van der Waals surface area (Å²) in [7, 11) is 0. The van der Waals surface area contributed by atoms with Crippen LogP contribution in [0.15, 0.2) is 0 Å². The molecule has 47 valence electrons. The van der Waals surface area contributed by atoms with Crippen LogP contribution in [0.25, 0.3) is 0 Å². The minimum Gasteiger partial charge on any atom is -0.320 e. The Morgan fingerprint density at radius 3 is 2.88 bits per heavy atom. The van der Waals surface area contributed by atoms with Crippen LogP contribution in [0, 0.1) is 0 Å². The zero-order valence-corrected chi connectivity index (χ0v) is 5.70. The lowest BCUT2D eigenvalue weighted by molar-refractivity contribution is 0.546. The molecule has 0 aliphatic heterocycles. The van der Waals surface area contributed by atoms with E-state index in [0.29, 0.717) is 5.75 Å². The molecule has 0 aromatic heterocycles. The third-order valence-electron chi connectivity index (χ3n) is 0.653. The van der Waals surface area contributed by atoms with Crippen molar-refractivity contribution in [3.63, 3.8) is 0 Å². The summed E-state index contributed by atoms with van der Waals surface area (Å²) in [4.78, 5) is 9.75.